The highest BCUT2D eigenvalue weighted by molar-refractivity contribution is 5.80. The molecule has 186 valence electrons. The molecule has 0 bridgehead atoms. The van der Waals surface area contributed by atoms with E-state index in [0.29, 0.717) is 6.61 Å². The van der Waals surface area contributed by atoms with Crippen molar-refractivity contribution in [1.29, 1.82) is 0 Å². The molecule has 0 aromatic rings. The Bertz CT molecular complexity index is 697. The number of carboxylic acid groups (broad SMARTS) is 2. The van der Waals surface area contributed by atoms with Gasteiger partial charge in [0.05, 0.1) is 38.4 Å². The molecule has 0 amide bonds. The smallest absolute Gasteiger partial charge is 0.316 e. The number of methoxy groups -OCH3 is 1. The van der Waals surface area contributed by atoms with E-state index in [-0.39, 0.29) is 50.5 Å². The number of hydrogen-bond donors (Lipinski definition) is 2. The molecule has 0 aromatic heterocycles. The standard InChI is InChI=1S/C11H16O6.C8H10O6.CH2O/c1-6(12)7-3-15-10-8(4-16-9(7)10)11(13)17-5-14-2;9-7(10)3-1-13-6-4(8(11)12)2-14-5(3)6;1-2/h7-10H,3-5H2,1-2H3;3-6H,1-2H2,(H,9,10)(H,11,12);1H2/t7-,8+,9-,10-;3-,4?,5+,6+;/m10./s1. The third-order valence-electron chi connectivity index (χ3n) is 5.89. The molecule has 4 heterocycles. The fourth-order valence-electron chi connectivity index (χ4n) is 4.20. The number of carbonyl (C=O) groups is 5. The van der Waals surface area contributed by atoms with Crippen molar-refractivity contribution in [3.8, 4) is 0 Å². The van der Waals surface area contributed by atoms with Crippen LogP contribution in [-0.2, 0) is 52.4 Å². The first-order valence-electron chi connectivity index (χ1n) is 10.1. The van der Waals surface area contributed by atoms with Gasteiger partial charge in [0.25, 0.3) is 0 Å². The summed E-state index contributed by atoms with van der Waals surface area (Å²) in [6.07, 6.45) is -1.89. The van der Waals surface area contributed by atoms with Crippen molar-refractivity contribution in [2.24, 2.45) is 23.7 Å². The maximum absolute atomic E-state index is 11.7. The molecule has 0 radical (unpaired) electrons. The fraction of sp³-hybridized carbons (Fsp3) is 0.750. The van der Waals surface area contributed by atoms with E-state index in [0.717, 1.165) is 0 Å². The van der Waals surface area contributed by atoms with Gasteiger partial charge in [-0.1, -0.05) is 0 Å². The van der Waals surface area contributed by atoms with Gasteiger partial charge in [-0.25, -0.2) is 0 Å². The number of rotatable bonds is 6. The summed E-state index contributed by atoms with van der Waals surface area (Å²) in [5, 5.41) is 17.6. The lowest BCUT2D eigenvalue weighted by Crippen LogP contribution is -2.33. The first-order chi connectivity index (χ1) is 15.8. The number of ether oxygens (including phenoxy) is 6. The molecule has 13 nitrogen and oxygen atoms in total. The molecule has 0 saturated carbocycles. The van der Waals surface area contributed by atoms with Crippen molar-refractivity contribution in [1.82, 2.24) is 0 Å². The lowest BCUT2D eigenvalue weighted by Gasteiger charge is -2.14. The van der Waals surface area contributed by atoms with Crippen LogP contribution in [0.25, 0.3) is 0 Å². The Morgan fingerprint density at radius 1 is 0.758 bits per heavy atom. The Morgan fingerprint density at radius 2 is 1.12 bits per heavy atom. The summed E-state index contributed by atoms with van der Waals surface area (Å²) in [5.41, 5.74) is 0. The van der Waals surface area contributed by atoms with Gasteiger partial charge in [-0.15, -0.1) is 0 Å². The van der Waals surface area contributed by atoms with Gasteiger partial charge in [0, 0.05) is 7.11 Å². The van der Waals surface area contributed by atoms with Crippen molar-refractivity contribution in [3.05, 3.63) is 0 Å². The molecule has 4 aliphatic rings. The Balaban J connectivity index is 0.000000221. The number of fused-ring (bicyclic) bond motifs is 2. The molecule has 33 heavy (non-hydrogen) atoms. The third-order valence-corrected chi connectivity index (χ3v) is 5.89. The van der Waals surface area contributed by atoms with Crippen molar-refractivity contribution >= 4 is 30.5 Å². The largest absolute Gasteiger partial charge is 0.481 e. The van der Waals surface area contributed by atoms with Crippen LogP contribution in [0.3, 0.4) is 0 Å². The Morgan fingerprint density at radius 3 is 1.52 bits per heavy atom. The van der Waals surface area contributed by atoms with E-state index in [4.69, 9.17) is 38.7 Å². The maximum atomic E-state index is 11.7. The van der Waals surface area contributed by atoms with Gasteiger partial charge in [-0.3, -0.25) is 19.2 Å². The lowest BCUT2D eigenvalue weighted by atomic mass is 9.94. The van der Waals surface area contributed by atoms with Crippen molar-refractivity contribution < 1.29 is 62.6 Å². The molecule has 0 spiro atoms. The van der Waals surface area contributed by atoms with Crippen LogP contribution in [0.5, 0.6) is 0 Å². The van der Waals surface area contributed by atoms with Gasteiger partial charge in [-0.05, 0) is 6.92 Å². The van der Waals surface area contributed by atoms with Crippen LogP contribution in [-0.4, -0.2) is 105 Å². The normalized spacial score (nSPS) is 35.8. The van der Waals surface area contributed by atoms with E-state index in [2.05, 4.69) is 4.74 Å². The monoisotopic (exact) mass is 476 g/mol. The number of Topliss-reactive ketones (excluding diaryl/α,β-unsaturated/α-hetero) is 1. The molecule has 4 rings (SSSR count). The minimum atomic E-state index is -0.997. The second-order valence-electron chi connectivity index (χ2n) is 7.77. The van der Waals surface area contributed by atoms with Crippen molar-refractivity contribution in [2.75, 3.05) is 40.3 Å². The van der Waals surface area contributed by atoms with E-state index in [1.165, 1.54) is 14.0 Å². The lowest BCUT2D eigenvalue weighted by molar-refractivity contribution is -0.162. The molecule has 4 aliphatic heterocycles. The van der Waals surface area contributed by atoms with E-state index in [1.807, 2.05) is 6.79 Å². The summed E-state index contributed by atoms with van der Waals surface area (Å²) >= 11 is 0. The van der Waals surface area contributed by atoms with Crippen LogP contribution in [0, 0.1) is 23.7 Å². The van der Waals surface area contributed by atoms with Crippen LogP contribution in [0.4, 0.5) is 0 Å². The third kappa shape index (κ3) is 5.92. The minimum Gasteiger partial charge on any atom is -0.481 e. The molecule has 0 aromatic carbocycles. The highest BCUT2D eigenvalue weighted by Gasteiger charge is 2.53. The van der Waals surface area contributed by atoms with E-state index >= 15 is 0 Å². The van der Waals surface area contributed by atoms with Gasteiger partial charge in [0.1, 0.15) is 48.6 Å². The zero-order valence-corrected chi connectivity index (χ0v) is 18.2. The average molecular weight is 476 g/mol. The highest BCUT2D eigenvalue weighted by Crippen LogP contribution is 2.36. The van der Waals surface area contributed by atoms with E-state index < -0.39 is 47.9 Å². The average Bonchev–Trinajstić information content (AvgIpc) is 3.53. The van der Waals surface area contributed by atoms with Crippen LogP contribution >= 0.6 is 0 Å². The van der Waals surface area contributed by atoms with Crippen LogP contribution < -0.4 is 0 Å². The second kappa shape index (κ2) is 12.1. The number of hydrogen-bond acceptors (Lipinski definition) is 11. The van der Waals surface area contributed by atoms with Crippen LogP contribution in [0.1, 0.15) is 6.92 Å². The summed E-state index contributed by atoms with van der Waals surface area (Å²) in [6.45, 7) is 4.06. The number of carbonyl (C=O) groups excluding carboxylic acids is 3. The molecule has 0 aliphatic carbocycles. The molecular weight excluding hydrogens is 448 g/mol. The van der Waals surface area contributed by atoms with E-state index in [1.54, 1.807) is 0 Å². The summed E-state index contributed by atoms with van der Waals surface area (Å²) < 4.78 is 30.8. The van der Waals surface area contributed by atoms with Gasteiger partial charge < -0.3 is 43.4 Å². The van der Waals surface area contributed by atoms with Crippen LogP contribution in [0.2, 0.25) is 0 Å². The minimum absolute atomic E-state index is 0.0309. The quantitative estimate of drug-likeness (QED) is 0.343. The topological polar surface area (TPSA) is 181 Å². The summed E-state index contributed by atoms with van der Waals surface area (Å²) in [5.74, 6) is -4.55. The van der Waals surface area contributed by atoms with Gasteiger partial charge in [-0.2, -0.15) is 0 Å². The SMILES string of the molecule is C=O.COCOC(=O)[C@H]1CO[C@H]2[C@@H]1OC[C@@H]2C(C)=O.O=C(O)C1CO[C@@H]2[C@@H](C(=O)O)CO[C@H]12. The number of esters is 1. The van der Waals surface area contributed by atoms with E-state index in [9.17, 15) is 19.2 Å². The molecule has 8 atom stereocenters. The van der Waals surface area contributed by atoms with Crippen molar-refractivity contribution in [3.63, 3.8) is 0 Å². The predicted octanol–water partition coefficient (Wildman–Crippen LogP) is -1.25. The number of carboxylic acids is 2. The Labute approximate surface area is 189 Å². The van der Waals surface area contributed by atoms with Crippen LogP contribution in [0.15, 0.2) is 0 Å². The summed E-state index contributed by atoms with van der Waals surface area (Å²) in [6, 6.07) is 0. The number of ketones is 1. The predicted molar refractivity (Wildman–Crippen MR) is 104 cm³/mol. The maximum Gasteiger partial charge on any atom is 0.316 e. The molecule has 1 unspecified atom stereocenters. The molecule has 2 N–H and O–H groups in total. The zero-order chi connectivity index (χ0) is 24.7. The summed E-state index contributed by atoms with van der Waals surface area (Å²) in [4.78, 5) is 52.4. The first kappa shape index (κ1) is 26.8. The second-order valence-corrected chi connectivity index (χ2v) is 7.77. The molecule has 4 saturated heterocycles. The van der Waals surface area contributed by atoms with Crippen molar-refractivity contribution in [2.45, 2.75) is 31.3 Å². The van der Waals surface area contributed by atoms with Gasteiger partial charge in [0.15, 0.2) is 6.79 Å². The molecular formula is C20H28O13. The van der Waals surface area contributed by atoms with Gasteiger partial charge in [0.2, 0.25) is 0 Å². The Kier molecular flexibility index (Phi) is 9.86. The van der Waals surface area contributed by atoms with Gasteiger partial charge >= 0.3 is 17.9 Å². The summed E-state index contributed by atoms with van der Waals surface area (Å²) in [7, 11) is 1.44. The fourth-order valence-corrected chi connectivity index (χ4v) is 4.20. The Hall–Kier alpha value is -2.45. The molecule has 13 heteroatoms. The zero-order valence-electron chi connectivity index (χ0n) is 18.2. The first-order valence-corrected chi connectivity index (χ1v) is 10.1. The number of aliphatic carboxylic acids is 2. The highest BCUT2D eigenvalue weighted by atomic mass is 16.7. The molecule has 4 fully saturated rings.